The minimum Gasteiger partial charge on any atom is -0.377 e. The van der Waals surface area contributed by atoms with Crippen molar-refractivity contribution in [3.05, 3.63) is 0 Å². The first kappa shape index (κ1) is 28.7. The van der Waals surface area contributed by atoms with Crippen LogP contribution < -0.4 is 16.0 Å². The first-order valence-electron chi connectivity index (χ1n) is 11.2. The lowest BCUT2D eigenvalue weighted by molar-refractivity contribution is -0.121. The van der Waals surface area contributed by atoms with Gasteiger partial charge in [0.25, 0.3) is 0 Å². The largest absolute Gasteiger partial charge is 0.377 e. The quantitative estimate of drug-likeness (QED) is 0.123. The molecule has 0 bridgehead atoms. The maximum atomic E-state index is 11.9. The van der Waals surface area contributed by atoms with Crippen LogP contribution in [0.4, 0.5) is 0 Å². The smallest absolute Gasteiger partial charge is 0.220 e. The number of carbonyl (C=O) groups excluding carboxylic acids is 2. The van der Waals surface area contributed by atoms with Gasteiger partial charge in [-0.2, -0.15) is 11.8 Å². The van der Waals surface area contributed by atoms with Crippen LogP contribution in [0.3, 0.4) is 0 Å². The van der Waals surface area contributed by atoms with Crippen molar-refractivity contribution >= 4 is 24.1 Å². The summed E-state index contributed by atoms with van der Waals surface area (Å²) in [4.78, 5) is 22.8. The molecule has 1 saturated heterocycles. The van der Waals surface area contributed by atoms with Crippen LogP contribution in [0.1, 0.15) is 25.7 Å². The van der Waals surface area contributed by atoms with Gasteiger partial charge in [0.1, 0.15) is 6.61 Å². The number of carbonyl (C=O) groups is 2. The lowest BCUT2D eigenvalue weighted by Crippen LogP contribution is -2.48. The van der Waals surface area contributed by atoms with E-state index in [9.17, 15) is 9.59 Å². The SMILES string of the molecule is C#CCOCCOCCOCCOCCNC(=O)CCCCC1SCC(NC)C1NC=O. The molecule has 9 nitrogen and oxygen atoms in total. The third-order valence-electron chi connectivity index (χ3n) is 4.97. The van der Waals surface area contributed by atoms with Crippen LogP contribution in [-0.4, -0.2) is 102 Å². The van der Waals surface area contributed by atoms with Crippen LogP contribution in [0.5, 0.6) is 0 Å². The molecule has 1 aliphatic heterocycles. The van der Waals surface area contributed by atoms with Gasteiger partial charge in [-0.1, -0.05) is 12.3 Å². The fraction of sp³-hybridized carbons (Fsp3) is 0.818. The second-order valence-corrected chi connectivity index (χ2v) is 8.54. The molecule has 1 aliphatic rings. The fourth-order valence-electron chi connectivity index (χ4n) is 3.29. The molecule has 1 heterocycles. The lowest BCUT2D eigenvalue weighted by Gasteiger charge is -2.22. The molecule has 0 aromatic heterocycles. The Morgan fingerprint density at radius 3 is 2.34 bits per heavy atom. The maximum Gasteiger partial charge on any atom is 0.220 e. The van der Waals surface area contributed by atoms with Crippen molar-refractivity contribution in [1.82, 2.24) is 16.0 Å². The summed E-state index contributed by atoms with van der Waals surface area (Å²) in [6, 6.07) is 0.464. The Kier molecular flexibility index (Phi) is 18.2. The van der Waals surface area contributed by atoms with E-state index in [4.69, 9.17) is 25.4 Å². The van der Waals surface area contributed by atoms with E-state index >= 15 is 0 Å². The zero-order valence-corrected chi connectivity index (χ0v) is 20.0. The first-order chi connectivity index (χ1) is 15.7. The summed E-state index contributed by atoms with van der Waals surface area (Å²) >= 11 is 1.88. The zero-order valence-electron chi connectivity index (χ0n) is 19.1. The van der Waals surface area contributed by atoms with Gasteiger partial charge < -0.3 is 34.9 Å². The molecular weight excluding hydrogens is 434 g/mol. The number of hydrogen-bond acceptors (Lipinski definition) is 8. The van der Waals surface area contributed by atoms with Crippen molar-refractivity contribution in [1.29, 1.82) is 0 Å². The summed E-state index contributed by atoms with van der Waals surface area (Å²) in [6.07, 6.45) is 9.16. The van der Waals surface area contributed by atoms with Crippen LogP contribution in [0, 0.1) is 12.3 Å². The van der Waals surface area contributed by atoms with E-state index in [2.05, 4.69) is 21.9 Å². The summed E-state index contributed by atoms with van der Waals surface area (Å²) in [5.41, 5.74) is 0. The van der Waals surface area contributed by atoms with Crippen molar-refractivity contribution in [3.8, 4) is 12.3 Å². The number of ether oxygens (including phenoxy) is 4. The molecule has 0 aliphatic carbocycles. The summed E-state index contributed by atoms with van der Waals surface area (Å²) in [6.45, 7) is 4.19. The number of nitrogens with one attached hydrogen (secondary N) is 3. The van der Waals surface area contributed by atoms with Crippen LogP contribution in [0.2, 0.25) is 0 Å². The second kappa shape index (κ2) is 20.3. The predicted octanol–water partition coefficient (Wildman–Crippen LogP) is 0.181. The normalized spacial score (nSPS) is 20.1. The standard InChI is InChI=1S/C22H39N3O6S/c1-3-9-28-11-13-30-15-16-31-14-12-29-10-8-24-21(27)7-5-4-6-20-22(25-18-26)19(23-2)17-32-20/h1,18-20,22-23H,4-17H2,2H3,(H,24,27)(H,25,26). The van der Waals surface area contributed by atoms with E-state index in [1.807, 2.05) is 18.8 Å². The Hall–Kier alpha value is -1.35. The van der Waals surface area contributed by atoms with Gasteiger partial charge in [-0.3, -0.25) is 9.59 Å². The minimum atomic E-state index is 0.0444. The van der Waals surface area contributed by atoms with Gasteiger partial charge in [-0.15, -0.1) is 6.42 Å². The van der Waals surface area contributed by atoms with Gasteiger partial charge in [-0.25, -0.2) is 0 Å². The molecule has 3 N–H and O–H groups in total. The van der Waals surface area contributed by atoms with E-state index < -0.39 is 0 Å². The van der Waals surface area contributed by atoms with Gasteiger partial charge >= 0.3 is 0 Å². The van der Waals surface area contributed by atoms with E-state index in [1.54, 1.807) is 0 Å². The van der Waals surface area contributed by atoms with Crippen LogP contribution in [0.25, 0.3) is 0 Å². The molecule has 3 atom stereocenters. The average Bonchev–Trinajstić information content (AvgIpc) is 3.18. The maximum absolute atomic E-state index is 11.9. The molecule has 32 heavy (non-hydrogen) atoms. The van der Waals surface area contributed by atoms with Gasteiger partial charge in [0.05, 0.1) is 52.3 Å². The Balaban J connectivity index is 1.87. The van der Waals surface area contributed by atoms with E-state index in [0.717, 1.165) is 31.4 Å². The Morgan fingerprint density at radius 2 is 1.72 bits per heavy atom. The topological polar surface area (TPSA) is 107 Å². The first-order valence-corrected chi connectivity index (χ1v) is 12.3. The molecule has 10 heteroatoms. The predicted molar refractivity (Wildman–Crippen MR) is 126 cm³/mol. The molecule has 184 valence electrons. The molecule has 0 radical (unpaired) electrons. The minimum absolute atomic E-state index is 0.0444. The molecule has 3 unspecified atom stereocenters. The van der Waals surface area contributed by atoms with E-state index in [-0.39, 0.29) is 11.9 Å². The molecule has 0 aromatic rings. The number of rotatable bonds is 21. The Bertz CT molecular complexity index is 534. The highest BCUT2D eigenvalue weighted by molar-refractivity contribution is 8.00. The molecule has 0 spiro atoms. The monoisotopic (exact) mass is 473 g/mol. The summed E-state index contributed by atoms with van der Waals surface area (Å²) in [5, 5.41) is 9.46. The molecule has 1 fully saturated rings. The highest BCUT2D eigenvalue weighted by atomic mass is 32.2. The summed E-state index contributed by atoms with van der Waals surface area (Å²) < 4.78 is 21.2. The molecule has 0 aromatic carbocycles. The van der Waals surface area contributed by atoms with Crippen molar-refractivity contribution in [2.75, 3.05) is 72.2 Å². The Morgan fingerprint density at radius 1 is 1.06 bits per heavy atom. The van der Waals surface area contributed by atoms with Crippen molar-refractivity contribution in [3.63, 3.8) is 0 Å². The van der Waals surface area contributed by atoms with E-state index in [0.29, 0.717) is 77.1 Å². The van der Waals surface area contributed by atoms with Crippen LogP contribution in [-0.2, 0) is 28.5 Å². The summed E-state index contributed by atoms with van der Waals surface area (Å²) in [7, 11) is 1.92. The number of unbranched alkanes of at least 4 members (excludes halogenated alkanes) is 1. The van der Waals surface area contributed by atoms with Crippen molar-refractivity contribution < 1.29 is 28.5 Å². The zero-order chi connectivity index (χ0) is 23.3. The van der Waals surface area contributed by atoms with Crippen LogP contribution in [0.15, 0.2) is 0 Å². The second-order valence-electron chi connectivity index (χ2n) is 7.27. The number of likely N-dealkylation sites (N-methyl/N-ethyl adjacent to an activating group) is 1. The van der Waals surface area contributed by atoms with Crippen molar-refractivity contribution in [2.24, 2.45) is 0 Å². The molecule has 2 amide bonds. The third kappa shape index (κ3) is 13.9. The van der Waals surface area contributed by atoms with Gasteiger partial charge in [-0.05, 0) is 19.9 Å². The Labute approximate surface area is 196 Å². The lowest BCUT2D eigenvalue weighted by atomic mass is 10.0. The molecular formula is C22H39N3O6S. The number of amides is 2. The highest BCUT2D eigenvalue weighted by Crippen LogP contribution is 2.31. The number of terminal acetylenes is 1. The van der Waals surface area contributed by atoms with Crippen LogP contribution >= 0.6 is 11.8 Å². The van der Waals surface area contributed by atoms with Gasteiger partial charge in [0.2, 0.25) is 12.3 Å². The van der Waals surface area contributed by atoms with E-state index in [1.165, 1.54) is 0 Å². The summed E-state index contributed by atoms with van der Waals surface area (Å²) in [5.74, 6) is 3.43. The fourth-order valence-corrected chi connectivity index (χ4v) is 4.93. The van der Waals surface area contributed by atoms with Crippen molar-refractivity contribution in [2.45, 2.75) is 43.0 Å². The molecule has 0 saturated carbocycles. The van der Waals surface area contributed by atoms with Gasteiger partial charge in [0, 0.05) is 30.0 Å². The highest BCUT2D eigenvalue weighted by Gasteiger charge is 2.35. The number of hydrogen-bond donors (Lipinski definition) is 3. The third-order valence-corrected chi connectivity index (χ3v) is 6.48. The number of thioether (sulfide) groups is 1. The van der Waals surface area contributed by atoms with Gasteiger partial charge in [0.15, 0.2) is 0 Å². The average molecular weight is 474 g/mol. The molecule has 1 rings (SSSR count).